The number of benzene rings is 2. The summed E-state index contributed by atoms with van der Waals surface area (Å²) in [4.78, 5) is 21.4. The van der Waals surface area contributed by atoms with Crippen molar-refractivity contribution in [2.24, 2.45) is 5.41 Å². The van der Waals surface area contributed by atoms with Crippen LogP contribution in [0.2, 0.25) is 10.0 Å². The van der Waals surface area contributed by atoms with Crippen LogP contribution < -0.4 is 4.90 Å². The van der Waals surface area contributed by atoms with Gasteiger partial charge >= 0.3 is 5.97 Å². The number of hydrogen-bond donors (Lipinski definition) is 1. The largest absolute Gasteiger partial charge is 0.478 e. The van der Waals surface area contributed by atoms with Gasteiger partial charge in [-0.2, -0.15) is 0 Å². The quantitative estimate of drug-likeness (QED) is 0.222. The van der Waals surface area contributed by atoms with Crippen molar-refractivity contribution in [1.29, 1.82) is 0 Å². The minimum Gasteiger partial charge on any atom is -0.478 e. The lowest BCUT2D eigenvalue weighted by atomic mass is 9.58. The molecule has 1 spiro atoms. The molecule has 4 fully saturated rings. The number of aromatic carboxylic acids is 1. The first-order valence-electron chi connectivity index (χ1n) is 14.8. The van der Waals surface area contributed by atoms with E-state index in [0.717, 1.165) is 57.3 Å². The number of fused-ring (bicyclic) bond motifs is 3. The van der Waals surface area contributed by atoms with Gasteiger partial charge in [-0.3, -0.25) is 4.90 Å². The van der Waals surface area contributed by atoms with E-state index in [1.54, 1.807) is 23.5 Å². The molecule has 0 radical (unpaired) electrons. The highest BCUT2D eigenvalue weighted by Crippen LogP contribution is 2.58. The summed E-state index contributed by atoms with van der Waals surface area (Å²) in [5.41, 5.74) is 4.28. The summed E-state index contributed by atoms with van der Waals surface area (Å²) in [6.45, 7) is 0.774. The average Bonchev–Trinajstić information content (AvgIpc) is 3.48. The molecule has 218 valence electrons. The molecule has 8 rings (SSSR count). The van der Waals surface area contributed by atoms with Gasteiger partial charge in [-0.15, -0.1) is 0 Å². The van der Waals surface area contributed by atoms with Gasteiger partial charge in [-0.05, 0) is 94.2 Å². The Morgan fingerprint density at radius 1 is 1.10 bits per heavy atom. The third-order valence-corrected chi connectivity index (χ3v) is 11.8. The molecule has 2 unspecified atom stereocenters. The summed E-state index contributed by atoms with van der Waals surface area (Å²) in [5, 5.41) is 16.1. The molecule has 4 aliphatic rings. The number of aromatic nitrogens is 2. The van der Waals surface area contributed by atoms with Gasteiger partial charge < -0.3 is 14.5 Å². The van der Waals surface area contributed by atoms with Crippen molar-refractivity contribution < 1.29 is 14.4 Å². The smallest absolute Gasteiger partial charge is 0.335 e. The predicted molar refractivity (Wildman–Crippen MR) is 166 cm³/mol. The molecule has 4 aromatic rings. The number of carbonyl (C=O) groups is 1. The Morgan fingerprint density at radius 2 is 1.81 bits per heavy atom. The molecule has 42 heavy (non-hydrogen) atoms. The zero-order chi connectivity index (χ0) is 28.7. The lowest BCUT2D eigenvalue weighted by Gasteiger charge is -2.57. The first kappa shape index (κ1) is 26.9. The zero-order valence-corrected chi connectivity index (χ0v) is 25.7. The van der Waals surface area contributed by atoms with Crippen LogP contribution >= 0.6 is 34.5 Å². The maximum absolute atomic E-state index is 11.5. The Labute approximate surface area is 258 Å². The third kappa shape index (κ3) is 4.45. The van der Waals surface area contributed by atoms with E-state index in [4.69, 9.17) is 32.7 Å². The monoisotopic (exact) mass is 622 g/mol. The molecule has 4 heterocycles. The topological polar surface area (TPSA) is 82.7 Å². The van der Waals surface area contributed by atoms with Crippen LogP contribution in [0.15, 0.2) is 40.9 Å². The molecular weight excluding hydrogens is 591 g/mol. The Kier molecular flexibility index (Phi) is 6.38. The summed E-state index contributed by atoms with van der Waals surface area (Å²) in [6, 6.07) is 12.4. The van der Waals surface area contributed by atoms with Gasteiger partial charge in [0.05, 0.1) is 25.8 Å². The van der Waals surface area contributed by atoms with Crippen molar-refractivity contribution in [3.8, 4) is 11.3 Å². The molecule has 0 amide bonds. The second-order valence-corrected chi connectivity index (χ2v) is 14.7. The molecule has 2 aromatic heterocycles. The first-order valence-corrected chi connectivity index (χ1v) is 16.4. The maximum Gasteiger partial charge on any atom is 0.335 e. The molecule has 2 saturated heterocycles. The van der Waals surface area contributed by atoms with Crippen LogP contribution in [-0.2, 0) is 6.54 Å². The zero-order valence-electron chi connectivity index (χ0n) is 23.4. The van der Waals surface area contributed by atoms with Gasteiger partial charge in [0.15, 0.2) is 5.13 Å². The number of piperidine rings is 1. The second-order valence-electron chi connectivity index (χ2n) is 12.9. The Hall–Kier alpha value is -2.65. The number of rotatable bonds is 7. The summed E-state index contributed by atoms with van der Waals surface area (Å²) < 4.78 is 6.87. The van der Waals surface area contributed by atoms with Crippen molar-refractivity contribution in [1.82, 2.24) is 15.0 Å². The highest BCUT2D eigenvalue weighted by atomic mass is 35.5. The fraction of sp³-hybridized carbons (Fsp3) is 0.469. The minimum atomic E-state index is -0.895. The van der Waals surface area contributed by atoms with E-state index in [1.807, 2.05) is 24.3 Å². The summed E-state index contributed by atoms with van der Waals surface area (Å²) >= 11 is 14.8. The normalized spacial score (nSPS) is 26.9. The van der Waals surface area contributed by atoms with Gasteiger partial charge in [-0.1, -0.05) is 45.8 Å². The van der Waals surface area contributed by atoms with Crippen molar-refractivity contribution in [2.75, 3.05) is 11.9 Å². The van der Waals surface area contributed by atoms with E-state index in [9.17, 15) is 9.90 Å². The SMILES string of the molecule is CN(Cc1c(-c2c(Cl)cccc2Cl)noc1C1CC1)C1CC2(C1)CC1CCC(C2)N1c1nc2ccc(C(=O)O)cc2s1. The van der Waals surface area contributed by atoms with Gasteiger partial charge in [0.25, 0.3) is 0 Å². The first-order chi connectivity index (χ1) is 20.3. The molecular formula is C32H32Cl2N4O3S. The van der Waals surface area contributed by atoms with Gasteiger partial charge in [0, 0.05) is 41.7 Å². The number of nitrogens with zero attached hydrogens (tertiary/aromatic N) is 4. The van der Waals surface area contributed by atoms with E-state index in [0.29, 0.717) is 45.1 Å². The van der Waals surface area contributed by atoms with Gasteiger partial charge in [0.2, 0.25) is 0 Å². The van der Waals surface area contributed by atoms with E-state index in [1.165, 1.54) is 38.5 Å². The fourth-order valence-electron chi connectivity index (χ4n) is 7.94. The van der Waals surface area contributed by atoms with E-state index in [2.05, 4.69) is 22.0 Å². The van der Waals surface area contributed by atoms with Gasteiger partial charge in [0.1, 0.15) is 11.5 Å². The second kappa shape index (κ2) is 9.94. The van der Waals surface area contributed by atoms with Crippen molar-refractivity contribution >= 4 is 55.9 Å². The number of hydrogen-bond acceptors (Lipinski definition) is 7. The molecule has 2 aliphatic heterocycles. The summed E-state index contributed by atoms with van der Waals surface area (Å²) in [7, 11) is 2.23. The lowest BCUT2D eigenvalue weighted by molar-refractivity contribution is -0.0199. The minimum absolute atomic E-state index is 0.320. The lowest BCUT2D eigenvalue weighted by Crippen LogP contribution is -2.57. The standard InChI is InChI=1S/C32H32Cl2N4O3S/c1-37(16-22-28(36-41-29(22)17-5-6-17)27-23(33)3-2-4-24(27)34)21-14-32(15-21)12-19-8-9-20(13-32)38(19)31-35-25-10-7-18(30(39)40)11-26(25)42-31/h2-4,7,10-11,17,19-21H,5-6,8-9,12-16H2,1H3,(H,39,40). The van der Waals surface area contributed by atoms with Crippen molar-refractivity contribution in [3.63, 3.8) is 0 Å². The fourth-order valence-corrected chi connectivity index (χ4v) is 9.66. The van der Waals surface area contributed by atoms with Crippen LogP contribution in [0, 0.1) is 5.41 Å². The Balaban J connectivity index is 0.980. The highest BCUT2D eigenvalue weighted by Gasteiger charge is 2.55. The summed E-state index contributed by atoms with van der Waals surface area (Å²) in [5.74, 6) is 0.550. The third-order valence-electron chi connectivity index (χ3n) is 10.1. The van der Waals surface area contributed by atoms with E-state index >= 15 is 0 Å². The van der Waals surface area contributed by atoms with Crippen LogP contribution in [0.3, 0.4) is 0 Å². The molecule has 10 heteroatoms. The maximum atomic E-state index is 11.5. The van der Waals surface area contributed by atoms with E-state index < -0.39 is 5.97 Å². The van der Waals surface area contributed by atoms with Crippen LogP contribution in [0.1, 0.15) is 79.0 Å². The highest BCUT2D eigenvalue weighted by molar-refractivity contribution is 7.22. The van der Waals surface area contributed by atoms with Crippen LogP contribution in [0.4, 0.5) is 5.13 Å². The molecule has 7 nitrogen and oxygen atoms in total. The number of anilines is 1. The van der Waals surface area contributed by atoms with Crippen LogP contribution in [0.25, 0.3) is 21.5 Å². The van der Waals surface area contributed by atoms with Crippen LogP contribution in [-0.4, -0.2) is 51.3 Å². The molecule has 2 aromatic carbocycles. The molecule has 2 bridgehead atoms. The number of carboxylic acid groups (broad SMARTS) is 1. The Morgan fingerprint density at radius 3 is 2.48 bits per heavy atom. The summed E-state index contributed by atoms with van der Waals surface area (Å²) in [6.07, 6.45) is 9.51. The van der Waals surface area contributed by atoms with Crippen molar-refractivity contribution in [2.45, 2.75) is 82.0 Å². The number of carboxylic acids is 1. The molecule has 1 N–H and O–H groups in total. The molecule has 2 saturated carbocycles. The van der Waals surface area contributed by atoms with Crippen molar-refractivity contribution in [3.05, 3.63) is 63.3 Å². The Bertz CT molecular complexity index is 1670. The van der Waals surface area contributed by atoms with Gasteiger partial charge in [-0.25, -0.2) is 9.78 Å². The van der Waals surface area contributed by atoms with Crippen LogP contribution in [0.5, 0.6) is 0 Å². The molecule has 2 aliphatic carbocycles. The average molecular weight is 624 g/mol. The predicted octanol–water partition coefficient (Wildman–Crippen LogP) is 8.25. The number of thiazole rings is 1. The van der Waals surface area contributed by atoms with E-state index in [-0.39, 0.29) is 0 Å². The number of halogens is 2. The molecule has 2 atom stereocenters.